The van der Waals surface area contributed by atoms with Gasteiger partial charge in [-0.25, -0.2) is 4.39 Å². The van der Waals surface area contributed by atoms with Gasteiger partial charge in [0.1, 0.15) is 0 Å². The van der Waals surface area contributed by atoms with Gasteiger partial charge in [-0.1, -0.05) is 33.8 Å². The molecule has 2 saturated carbocycles. The van der Waals surface area contributed by atoms with E-state index in [-0.39, 0.29) is 39.6 Å². The van der Waals surface area contributed by atoms with Gasteiger partial charge in [0, 0.05) is 25.2 Å². The number of carbonyl (C=O) groups excluding carboxylic acids is 1. The predicted molar refractivity (Wildman–Crippen MR) is 118 cm³/mol. The Balaban J connectivity index is 1.35. The fourth-order valence-corrected chi connectivity index (χ4v) is 6.15. The lowest BCUT2D eigenvalue weighted by Crippen LogP contribution is -2.58. The molecule has 3 aliphatic rings. The molecule has 0 radical (unpaired) electrons. The quantitative estimate of drug-likeness (QED) is 0.534. The second kappa shape index (κ2) is 7.45. The molecule has 170 valence electrons. The fourth-order valence-electron chi connectivity index (χ4n) is 6.15. The minimum atomic E-state index is -0.537. The van der Waals surface area contributed by atoms with Gasteiger partial charge >= 0.3 is 0 Å². The summed E-state index contributed by atoms with van der Waals surface area (Å²) in [6.07, 6.45) is 5.64. The molecule has 2 atom stereocenters. The van der Waals surface area contributed by atoms with Crippen LogP contribution in [0.5, 0.6) is 0 Å². The molecule has 1 aromatic carbocycles. The van der Waals surface area contributed by atoms with Crippen molar-refractivity contribution < 1.29 is 14.1 Å². The number of carbonyl (C=O) groups is 1. The number of piperidine rings is 1. The van der Waals surface area contributed by atoms with Crippen molar-refractivity contribution in [1.29, 1.82) is 0 Å². The lowest BCUT2D eigenvalue weighted by molar-refractivity contribution is -0.384. The van der Waals surface area contributed by atoms with Gasteiger partial charge in [-0.3, -0.25) is 14.9 Å². The van der Waals surface area contributed by atoms with Crippen molar-refractivity contribution in [2.75, 3.05) is 18.0 Å². The third kappa shape index (κ3) is 3.50. The summed E-state index contributed by atoms with van der Waals surface area (Å²) in [6, 6.07) is 4.23. The molecular formula is C24H34FN3O3. The molecule has 1 saturated heterocycles. The van der Waals surface area contributed by atoms with Crippen LogP contribution < -0.4 is 10.2 Å². The van der Waals surface area contributed by atoms with Crippen LogP contribution in [0.2, 0.25) is 0 Å². The molecular weight excluding hydrogens is 397 g/mol. The number of nitrogens with zero attached hydrogens (tertiary/aromatic N) is 2. The smallest absolute Gasteiger partial charge is 0.295 e. The van der Waals surface area contributed by atoms with E-state index in [9.17, 15) is 19.3 Å². The number of hydrogen-bond donors (Lipinski definition) is 1. The summed E-state index contributed by atoms with van der Waals surface area (Å²) < 4.78 is 14.4. The van der Waals surface area contributed by atoms with Crippen molar-refractivity contribution in [3.05, 3.63) is 34.1 Å². The zero-order valence-corrected chi connectivity index (χ0v) is 19.0. The molecule has 1 heterocycles. The highest BCUT2D eigenvalue weighted by atomic mass is 19.1. The lowest BCUT2D eigenvalue weighted by Gasteiger charge is -2.53. The van der Waals surface area contributed by atoms with Crippen LogP contribution in [0.15, 0.2) is 18.2 Å². The SMILES string of the molecule is C[C@H]1CC[C@@](C)(C(=O)NC2CC3(CCN(c4c(F)cccc4[N+](=O)[O-])CC3)C2)C1(C)C. The summed E-state index contributed by atoms with van der Waals surface area (Å²) in [4.78, 5) is 25.8. The van der Waals surface area contributed by atoms with Crippen LogP contribution in [0.4, 0.5) is 15.8 Å². The number of anilines is 1. The van der Waals surface area contributed by atoms with Crippen molar-refractivity contribution in [3.63, 3.8) is 0 Å². The van der Waals surface area contributed by atoms with Crippen molar-refractivity contribution in [2.24, 2.45) is 22.2 Å². The summed E-state index contributed by atoms with van der Waals surface area (Å²) in [5.74, 6) is 0.175. The largest absolute Gasteiger partial charge is 0.364 e. The van der Waals surface area contributed by atoms with Crippen LogP contribution in [0.3, 0.4) is 0 Å². The van der Waals surface area contributed by atoms with E-state index in [1.165, 1.54) is 18.2 Å². The van der Waals surface area contributed by atoms with Gasteiger partial charge in [-0.15, -0.1) is 0 Å². The Hall–Kier alpha value is -2.18. The molecule has 0 aromatic heterocycles. The molecule has 1 N–H and O–H groups in total. The molecule has 3 fully saturated rings. The highest BCUT2D eigenvalue weighted by Crippen LogP contribution is 2.56. The van der Waals surface area contributed by atoms with Gasteiger partial charge in [-0.2, -0.15) is 0 Å². The Morgan fingerprint density at radius 2 is 1.84 bits per heavy atom. The van der Waals surface area contributed by atoms with Gasteiger partial charge in [0.05, 0.1) is 10.3 Å². The highest BCUT2D eigenvalue weighted by Gasteiger charge is 2.55. The Labute approximate surface area is 183 Å². The zero-order valence-electron chi connectivity index (χ0n) is 19.0. The van der Waals surface area contributed by atoms with E-state index in [2.05, 4.69) is 33.0 Å². The molecule has 1 aliphatic heterocycles. The minimum Gasteiger partial charge on any atom is -0.364 e. The normalized spacial score (nSPS) is 29.6. The lowest BCUT2D eigenvalue weighted by atomic mass is 9.59. The Morgan fingerprint density at radius 3 is 2.39 bits per heavy atom. The van der Waals surface area contributed by atoms with Crippen LogP contribution in [-0.4, -0.2) is 30.0 Å². The van der Waals surface area contributed by atoms with Gasteiger partial charge < -0.3 is 10.2 Å². The molecule has 0 unspecified atom stereocenters. The van der Waals surface area contributed by atoms with E-state index in [0.29, 0.717) is 19.0 Å². The van der Waals surface area contributed by atoms with Gasteiger partial charge in [0.15, 0.2) is 11.5 Å². The van der Waals surface area contributed by atoms with E-state index in [1.807, 2.05) is 4.90 Å². The van der Waals surface area contributed by atoms with E-state index >= 15 is 0 Å². The van der Waals surface area contributed by atoms with Crippen LogP contribution in [0.25, 0.3) is 0 Å². The van der Waals surface area contributed by atoms with Gasteiger partial charge in [0.25, 0.3) is 5.69 Å². The van der Waals surface area contributed by atoms with Crippen molar-refractivity contribution in [1.82, 2.24) is 5.32 Å². The summed E-state index contributed by atoms with van der Waals surface area (Å²) >= 11 is 0. The zero-order chi connectivity index (χ0) is 22.6. The molecule has 4 rings (SSSR count). The standard InChI is InChI=1S/C24H34FN3O3/c1-16-8-9-23(4,22(16,2)3)21(29)26-17-14-24(15-17)10-12-27(13-11-24)20-18(25)6-5-7-19(20)28(30)31/h5-7,16-17H,8-15H2,1-4H3,(H,26,29)/t16-,23-/m0/s1. The molecule has 1 spiro atoms. The molecule has 2 aliphatic carbocycles. The molecule has 31 heavy (non-hydrogen) atoms. The number of nitro benzene ring substituents is 1. The number of rotatable bonds is 4. The first-order valence-corrected chi connectivity index (χ1v) is 11.5. The predicted octanol–water partition coefficient (Wildman–Crippen LogP) is 5.06. The topological polar surface area (TPSA) is 75.5 Å². The number of nitrogens with one attached hydrogen (secondary N) is 1. The van der Waals surface area contributed by atoms with Crippen LogP contribution in [-0.2, 0) is 4.79 Å². The second-order valence-corrected chi connectivity index (χ2v) is 10.9. The Bertz CT molecular complexity index is 886. The molecule has 6 nitrogen and oxygen atoms in total. The van der Waals surface area contributed by atoms with Gasteiger partial charge in [0.2, 0.25) is 5.91 Å². The number of halogens is 1. The maximum atomic E-state index is 14.4. The van der Waals surface area contributed by atoms with Crippen LogP contribution >= 0.6 is 0 Å². The summed E-state index contributed by atoms with van der Waals surface area (Å²) in [5, 5.41) is 14.7. The molecule has 1 amide bonds. The average Bonchev–Trinajstić information content (AvgIpc) is 2.91. The molecule has 1 aromatic rings. The van der Waals surface area contributed by atoms with E-state index in [1.54, 1.807) is 0 Å². The maximum absolute atomic E-state index is 14.4. The third-order valence-corrected chi connectivity index (χ3v) is 9.23. The monoisotopic (exact) mass is 431 g/mol. The number of hydrogen-bond acceptors (Lipinski definition) is 4. The average molecular weight is 432 g/mol. The Morgan fingerprint density at radius 1 is 1.19 bits per heavy atom. The molecule has 0 bridgehead atoms. The first kappa shape index (κ1) is 22.0. The summed E-state index contributed by atoms with van der Waals surface area (Å²) in [6.45, 7) is 9.98. The maximum Gasteiger partial charge on any atom is 0.295 e. The third-order valence-electron chi connectivity index (χ3n) is 9.23. The highest BCUT2D eigenvalue weighted by molar-refractivity contribution is 5.84. The van der Waals surface area contributed by atoms with Gasteiger partial charge in [-0.05, 0) is 61.3 Å². The minimum absolute atomic E-state index is 0.0155. The molecule has 7 heteroatoms. The number of benzene rings is 1. The van der Waals surface area contributed by atoms with Crippen LogP contribution in [0.1, 0.15) is 66.2 Å². The Kier molecular flexibility index (Phi) is 5.30. The van der Waals surface area contributed by atoms with E-state index in [4.69, 9.17) is 0 Å². The second-order valence-electron chi connectivity index (χ2n) is 10.9. The first-order chi connectivity index (χ1) is 14.5. The van der Waals surface area contributed by atoms with E-state index in [0.717, 1.165) is 38.5 Å². The fraction of sp³-hybridized carbons (Fsp3) is 0.708. The van der Waals surface area contributed by atoms with Crippen molar-refractivity contribution in [2.45, 2.75) is 72.3 Å². The number of nitro groups is 1. The van der Waals surface area contributed by atoms with Crippen molar-refractivity contribution in [3.8, 4) is 0 Å². The summed E-state index contributed by atoms with van der Waals surface area (Å²) in [5.41, 5.74) is -0.248. The summed E-state index contributed by atoms with van der Waals surface area (Å²) in [7, 11) is 0. The number of para-hydroxylation sites is 1. The number of amides is 1. The van der Waals surface area contributed by atoms with E-state index < -0.39 is 10.7 Å². The first-order valence-electron chi connectivity index (χ1n) is 11.5. The van der Waals surface area contributed by atoms with Crippen LogP contribution in [0, 0.1) is 38.1 Å². The van der Waals surface area contributed by atoms with Crippen molar-refractivity contribution >= 4 is 17.3 Å².